The summed E-state index contributed by atoms with van der Waals surface area (Å²) >= 11 is 0. The standard InChI is InChI=1S/C5H8F3NO3/c1-2-9(5(10)11)12-4(8)3(6)7/h3-4H,2H2,1H3,(H,10,11). The van der Waals surface area contributed by atoms with Gasteiger partial charge in [-0.15, -0.1) is 0 Å². The molecule has 1 N–H and O–H groups in total. The van der Waals surface area contributed by atoms with E-state index in [2.05, 4.69) is 4.84 Å². The third-order valence-electron chi connectivity index (χ3n) is 0.927. The average Bonchev–Trinajstić information content (AvgIpc) is 1.98. The molecule has 72 valence electrons. The first-order chi connectivity index (χ1) is 5.49. The molecule has 0 aliphatic rings. The van der Waals surface area contributed by atoms with Gasteiger partial charge in [0.05, 0.1) is 0 Å². The topological polar surface area (TPSA) is 49.8 Å². The van der Waals surface area contributed by atoms with Gasteiger partial charge in [0.25, 0.3) is 12.8 Å². The Balaban J connectivity index is 3.94. The Hall–Kier alpha value is -0.980. The van der Waals surface area contributed by atoms with E-state index in [9.17, 15) is 18.0 Å². The number of alkyl halides is 3. The summed E-state index contributed by atoms with van der Waals surface area (Å²) in [5, 5.41) is 8.29. The summed E-state index contributed by atoms with van der Waals surface area (Å²) in [6.07, 6.45) is -7.86. The van der Waals surface area contributed by atoms with Crippen molar-refractivity contribution in [3.8, 4) is 0 Å². The minimum Gasteiger partial charge on any atom is -0.463 e. The average molecular weight is 187 g/mol. The number of hydrogen-bond acceptors (Lipinski definition) is 2. The number of carboxylic acid groups (broad SMARTS) is 1. The second kappa shape index (κ2) is 4.81. The molecular weight excluding hydrogens is 179 g/mol. The monoisotopic (exact) mass is 187 g/mol. The van der Waals surface area contributed by atoms with E-state index in [1.54, 1.807) is 0 Å². The fourth-order valence-corrected chi connectivity index (χ4v) is 0.422. The molecule has 4 nitrogen and oxygen atoms in total. The van der Waals surface area contributed by atoms with Crippen LogP contribution in [0.4, 0.5) is 18.0 Å². The highest BCUT2D eigenvalue weighted by Crippen LogP contribution is 2.09. The molecule has 1 unspecified atom stereocenters. The highest BCUT2D eigenvalue weighted by molar-refractivity contribution is 5.63. The van der Waals surface area contributed by atoms with Crippen LogP contribution in [0, 0.1) is 0 Å². The third-order valence-corrected chi connectivity index (χ3v) is 0.927. The predicted octanol–water partition coefficient (Wildman–Crippen LogP) is 1.48. The summed E-state index contributed by atoms with van der Waals surface area (Å²) in [4.78, 5) is 13.8. The van der Waals surface area contributed by atoms with Crippen LogP contribution in [0.5, 0.6) is 0 Å². The van der Waals surface area contributed by atoms with E-state index in [4.69, 9.17) is 5.11 Å². The SMILES string of the molecule is CCN(OC(F)C(F)F)C(=O)O. The molecule has 1 atom stereocenters. The summed E-state index contributed by atoms with van der Waals surface area (Å²) in [5.74, 6) is 0. The van der Waals surface area contributed by atoms with Crippen molar-refractivity contribution in [3.05, 3.63) is 0 Å². The number of hydroxylamine groups is 2. The fourth-order valence-electron chi connectivity index (χ4n) is 0.422. The molecule has 1 amide bonds. The van der Waals surface area contributed by atoms with Crippen LogP contribution in [0.3, 0.4) is 0 Å². The number of rotatable bonds is 4. The molecule has 0 aromatic rings. The molecule has 0 saturated carbocycles. The first kappa shape index (κ1) is 11.0. The Kier molecular flexibility index (Phi) is 4.42. The lowest BCUT2D eigenvalue weighted by Crippen LogP contribution is -2.35. The molecule has 0 fully saturated rings. The van der Waals surface area contributed by atoms with E-state index in [0.29, 0.717) is 0 Å². The molecule has 0 rings (SSSR count). The Morgan fingerprint density at radius 3 is 2.33 bits per heavy atom. The minimum absolute atomic E-state index is 0.0941. The molecular formula is C5H8F3NO3. The Bertz CT molecular complexity index is 155. The molecule has 0 bridgehead atoms. The van der Waals surface area contributed by atoms with Crippen LogP contribution in [0.1, 0.15) is 6.92 Å². The van der Waals surface area contributed by atoms with Crippen LogP contribution in [0.15, 0.2) is 0 Å². The molecule has 0 aliphatic heterocycles. The summed E-state index contributed by atoms with van der Waals surface area (Å²) in [5.41, 5.74) is 0. The van der Waals surface area contributed by atoms with Crippen molar-refractivity contribution in [3.63, 3.8) is 0 Å². The van der Waals surface area contributed by atoms with Gasteiger partial charge in [0.2, 0.25) is 0 Å². The van der Waals surface area contributed by atoms with Gasteiger partial charge in [-0.1, -0.05) is 0 Å². The summed E-state index contributed by atoms with van der Waals surface area (Å²) in [6, 6.07) is 0. The first-order valence-corrected chi connectivity index (χ1v) is 3.08. The van der Waals surface area contributed by atoms with Crippen molar-refractivity contribution in [2.24, 2.45) is 0 Å². The molecule has 12 heavy (non-hydrogen) atoms. The van der Waals surface area contributed by atoms with E-state index in [1.807, 2.05) is 0 Å². The number of halogens is 3. The lowest BCUT2D eigenvalue weighted by Gasteiger charge is -2.18. The number of hydrogen-bond donors (Lipinski definition) is 1. The normalized spacial score (nSPS) is 13.1. The second-order valence-corrected chi connectivity index (χ2v) is 1.77. The van der Waals surface area contributed by atoms with Crippen LogP contribution in [-0.4, -0.2) is 35.6 Å². The maximum absolute atomic E-state index is 12.0. The van der Waals surface area contributed by atoms with Crippen LogP contribution in [0.2, 0.25) is 0 Å². The van der Waals surface area contributed by atoms with Crippen molar-refractivity contribution in [1.82, 2.24) is 5.06 Å². The predicted molar refractivity (Wildman–Crippen MR) is 32.4 cm³/mol. The van der Waals surface area contributed by atoms with Crippen LogP contribution < -0.4 is 0 Å². The number of nitrogens with zero attached hydrogens (tertiary/aromatic N) is 1. The summed E-state index contributed by atoms with van der Waals surface area (Å²) in [7, 11) is 0. The van der Waals surface area contributed by atoms with Gasteiger partial charge in [-0.05, 0) is 6.92 Å². The highest BCUT2D eigenvalue weighted by atomic mass is 19.3. The molecule has 0 heterocycles. The zero-order chi connectivity index (χ0) is 9.72. The third kappa shape index (κ3) is 3.42. The Morgan fingerprint density at radius 1 is 1.58 bits per heavy atom. The number of amides is 1. The minimum atomic E-state index is -3.35. The van der Waals surface area contributed by atoms with E-state index >= 15 is 0 Å². The molecule has 0 aromatic heterocycles. The zero-order valence-electron chi connectivity index (χ0n) is 6.21. The van der Waals surface area contributed by atoms with E-state index < -0.39 is 18.9 Å². The first-order valence-electron chi connectivity index (χ1n) is 3.08. The summed E-state index contributed by atoms with van der Waals surface area (Å²) < 4.78 is 35.0. The van der Waals surface area contributed by atoms with Gasteiger partial charge in [-0.2, -0.15) is 5.06 Å². The van der Waals surface area contributed by atoms with Gasteiger partial charge in [0, 0.05) is 6.54 Å². The van der Waals surface area contributed by atoms with Crippen molar-refractivity contribution in [2.45, 2.75) is 19.7 Å². The van der Waals surface area contributed by atoms with Crippen LogP contribution in [0.25, 0.3) is 0 Å². The van der Waals surface area contributed by atoms with Gasteiger partial charge >= 0.3 is 6.09 Å². The van der Waals surface area contributed by atoms with E-state index in [0.717, 1.165) is 0 Å². The van der Waals surface area contributed by atoms with Crippen LogP contribution >= 0.6 is 0 Å². The quantitative estimate of drug-likeness (QED) is 0.678. The smallest absolute Gasteiger partial charge is 0.431 e. The van der Waals surface area contributed by atoms with Gasteiger partial charge in [-0.25, -0.2) is 22.8 Å². The van der Waals surface area contributed by atoms with Crippen molar-refractivity contribution >= 4 is 6.09 Å². The Labute approximate surface area is 66.5 Å². The van der Waals surface area contributed by atoms with Gasteiger partial charge < -0.3 is 5.11 Å². The van der Waals surface area contributed by atoms with E-state index in [1.165, 1.54) is 6.92 Å². The van der Waals surface area contributed by atoms with E-state index in [-0.39, 0.29) is 11.6 Å². The largest absolute Gasteiger partial charge is 0.463 e. The molecule has 0 saturated heterocycles. The van der Waals surface area contributed by atoms with Gasteiger partial charge in [-0.3, -0.25) is 0 Å². The van der Waals surface area contributed by atoms with Crippen LogP contribution in [-0.2, 0) is 4.84 Å². The number of carbonyl (C=O) groups is 1. The molecule has 0 radical (unpaired) electrons. The lowest BCUT2D eigenvalue weighted by molar-refractivity contribution is -0.248. The summed E-state index contributed by atoms with van der Waals surface area (Å²) in [6.45, 7) is 1.11. The maximum Gasteiger partial charge on any atom is 0.431 e. The van der Waals surface area contributed by atoms with Crippen molar-refractivity contribution in [2.75, 3.05) is 6.54 Å². The second-order valence-electron chi connectivity index (χ2n) is 1.77. The van der Waals surface area contributed by atoms with Gasteiger partial charge in [0.15, 0.2) is 0 Å². The van der Waals surface area contributed by atoms with Gasteiger partial charge in [0.1, 0.15) is 0 Å². The molecule has 0 aromatic carbocycles. The molecule has 0 spiro atoms. The lowest BCUT2D eigenvalue weighted by atomic mass is 10.7. The molecule has 7 heteroatoms. The van der Waals surface area contributed by atoms with Crippen molar-refractivity contribution in [1.29, 1.82) is 0 Å². The highest BCUT2D eigenvalue weighted by Gasteiger charge is 2.25. The fraction of sp³-hybridized carbons (Fsp3) is 0.800. The Morgan fingerprint density at radius 2 is 2.08 bits per heavy atom. The van der Waals surface area contributed by atoms with Crippen molar-refractivity contribution < 1.29 is 27.9 Å². The zero-order valence-corrected chi connectivity index (χ0v) is 6.21. The molecule has 0 aliphatic carbocycles. The maximum atomic E-state index is 12.0.